The molecule has 1 atom stereocenters. The van der Waals surface area contributed by atoms with Crippen molar-refractivity contribution in [3.05, 3.63) is 70.8 Å². The maximum absolute atomic E-state index is 12.0. The molecule has 0 bridgehead atoms. The molecule has 0 spiro atoms. The van der Waals surface area contributed by atoms with Gasteiger partial charge in [-0.3, -0.25) is 4.79 Å². The van der Waals surface area contributed by atoms with E-state index in [1.54, 1.807) is 0 Å². The molecule has 2 aromatic carbocycles. The fourth-order valence-electron chi connectivity index (χ4n) is 2.70. The van der Waals surface area contributed by atoms with Crippen LogP contribution in [-0.2, 0) is 24.4 Å². The summed E-state index contributed by atoms with van der Waals surface area (Å²) in [6.45, 7) is 2.31. The highest BCUT2D eigenvalue weighted by molar-refractivity contribution is 5.76. The smallest absolute Gasteiger partial charge is 0.223 e. The van der Waals surface area contributed by atoms with Gasteiger partial charge in [-0.2, -0.15) is 0 Å². The highest BCUT2D eigenvalue weighted by Gasteiger charge is 2.13. The van der Waals surface area contributed by atoms with E-state index in [-0.39, 0.29) is 12.3 Å². The Kier molecular flexibility index (Phi) is 4.51. The van der Waals surface area contributed by atoms with Crippen LogP contribution in [0.4, 0.5) is 0 Å². The van der Waals surface area contributed by atoms with E-state index in [1.165, 1.54) is 11.1 Å². The number of amides is 1. The molecule has 1 heterocycles. The lowest BCUT2D eigenvalue weighted by molar-refractivity contribution is -0.123. The van der Waals surface area contributed by atoms with Gasteiger partial charge in [0.15, 0.2) is 0 Å². The highest BCUT2D eigenvalue weighted by atomic mass is 16.3. The minimum Gasteiger partial charge on any atom is -0.388 e. The van der Waals surface area contributed by atoms with Crippen LogP contribution in [0.15, 0.2) is 48.5 Å². The number of aliphatic hydroxyl groups is 1. The molecule has 0 aromatic heterocycles. The van der Waals surface area contributed by atoms with Gasteiger partial charge in [0.25, 0.3) is 0 Å². The van der Waals surface area contributed by atoms with Gasteiger partial charge in [-0.1, -0.05) is 48.5 Å². The second-order valence-corrected chi connectivity index (χ2v) is 5.61. The molecule has 114 valence electrons. The first-order valence-electron chi connectivity index (χ1n) is 7.53. The number of rotatable bonds is 5. The lowest BCUT2D eigenvalue weighted by Crippen LogP contribution is -2.24. The predicted molar refractivity (Wildman–Crippen MR) is 84.9 cm³/mol. The first-order chi connectivity index (χ1) is 10.7. The van der Waals surface area contributed by atoms with Gasteiger partial charge in [-0.15, -0.1) is 0 Å². The summed E-state index contributed by atoms with van der Waals surface area (Å²) in [7, 11) is 0. The van der Waals surface area contributed by atoms with E-state index in [0.29, 0.717) is 6.54 Å². The van der Waals surface area contributed by atoms with Crippen molar-refractivity contribution >= 4 is 5.91 Å². The fourth-order valence-corrected chi connectivity index (χ4v) is 2.70. The summed E-state index contributed by atoms with van der Waals surface area (Å²) in [5.74, 6) is -0.144. The first kappa shape index (κ1) is 14.8. The number of nitrogens with one attached hydrogen (secondary N) is 2. The van der Waals surface area contributed by atoms with E-state index in [1.807, 2.05) is 36.4 Å². The van der Waals surface area contributed by atoms with Crippen LogP contribution in [0.1, 0.15) is 34.8 Å². The van der Waals surface area contributed by atoms with Crippen LogP contribution in [0, 0.1) is 0 Å². The third-order valence-corrected chi connectivity index (χ3v) is 3.95. The minimum absolute atomic E-state index is 0.0799. The summed E-state index contributed by atoms with van der Waals surface area (Å²) in [5.41, 5.74) is 4.48. The number of hydrogen-bond donors (Lipinski definition) is 3. The summed E-state index contributed by atoms with van der Waals surface area (Å²) in [5, 5.41) is 16.2. The van der Waals surface area contributed by atoms with Crippen molar-refractivity contribution in [2.45, 2.75) is 32.2 Å². The number of carbonyl (C=O) groups excluding carboxylic acids is 1. The summed E-state index contributed by atoms with van der Waals surface area (Å²) < 4.78 is 0. The van der Waals surface area contributed by atoms with Gasteiger partial charge in [0.05, 0.1) is 12.5 Å². The average Bonchev–Trinajstić information content (AvgIpc) is 3.01. The normalized spacial score (nSPS) is 14.4. The molecule has 1 unspecified atom stereocenters. The molecular formula is C18H20N2O2. The third kappa shape index (κ3) is 3.53. The molecule has 1 aliphatic rings. The fraction of sp³-hybridized carbons (Fsp3) is 0.278. The standard InChI is InChI=1S/C18H20N2O2/c21-17(14-4-2-1-3-5-14)9-18(22)20-10-13-6-7-15-11-19-12-16(15)8-13/h1-8,17,19,21H,9-12H2,(H,20,22). The molecule has 1 aliphatic heterocycles. The Hall–Kier alpha value is -2.17. The van der Waals surface area contributed by atoms with Gasteiger partial charge in [-0.05, 0) is 22.3 Å². The molecule has 0 saturated heterocycles. The van der Waals surface area contributed by atoms with Crippen molar-refractivity contribution in [3.63, 3.8) is 0 Å². The van der Waals surface area contributed by atoms with Gasteiger partial charge < -0.3 is 15.7 Å². The molecule has 2 aromatic rings. The molecule has 0 radical (unpaired) electrons. The Morgan fingerprint density at radius 3 is 2.73 bits per heavy atom. The lowest BCUT2D eigenvalue weighted by Gasteiger charge is -2.11. The molecule has 22 heavy (non-hydrogen) atoms. The zero-order valence-corrected chi connectivity index (χ0v) is 12.4. The number of aliphatic hydroxyl groups excluding tert-OH is 1. The molecule has 4 nitrogen and oxygen atoms in total. The van der Waals surface area contributed by atoms with Gasteiger partial charge in [-0.25, -0.2) is 0 Å². The van der Waals surface area contributed by atoms with Crippen LogP contribution in [0.5, 0.6) is 0 Å². The molecule has 1 amide bonds. The summed E-state index contributed by atoms with van der Waals surface area (Å²) in [4.78, 5) is 12.0. The Morgan fingerprint density at radius 2 is 1.91 bits per heavy atom. The molecule has 3 rings (SSSR count). The van der Waals surface area contributed by atoms with Gasteiger partial charge >= 0.3 is 0 Å². The van der Waals surface area contributed by atoms with Crippen molar-refractivity contribution in [3.8, 4) is 0 Å². The molecule has 0 aliphatic carbocycles. The Morgan fingerprint density at radius 1 is 1.14 bits per heavy atom. The van der Waals surface area contributed by atoms with Crippen molar-refractivity contribution < 1.29 is 9.90 Å². The van der Waals surface area contributed by atoms with Crippen LogP contribution >= 0.6 is 0 Å². The first-order valence-corrected chi connectivity index (χ1v) is 7.53. The topological polar surface area (TPSA) is 61.4 Å². The molecule has 0 fully saturated rings. The predicted octanol–water partition coefficient (Wildman–Crippen LogP) is 2.03. The van der Waals surface area contributed by atoms with Crippen molar-refractivity contribution in [1.29, 1.82) is 0 Å². The van der Waals surface area contributed by atoms with E-state index in [9.17, 15) is 9.90 Å². The van der Waals surface area contributed by atoms with E-state index in [4.69, 9.17) is 0 Å². The third-order valence-electron chi connectivity index (χ3n) is 3.95. The highest BCUT2D eigenvalue weighted by Crippen LogP contribution is 2.18. The second kappa shape index (κ2) is 6.73. The Bertz CT molecular complexity index is 655. The molecule has 0 saturated carbocycles. The van der Waals surface area contributed by atoms with Gasteiger partial charge in [0.1, 0.15) is 0 Å². The van der Waals surface area contributed by atoms with Crippen LogP contribution in [-0.4, -0.2) is 11.0 Å². The number of fused-ring (bicyclic) bond motifs is 1. The SMILES string of the molecule is O=C(CC(O)c1ccccc1)NCc1ccc2c(c1)CNC2. The van der Waals surface area contributed by atoms with Gasteiger partial charge in [0.2, 0.25) is 5.91 Å². The van der Waals surface area contributed by atoms with E-state index in [0.717, 1.165) is 24.2 Å². The lowest BCUT2D eigenvalue weighted by atomic mass is 10.1. The van der Waals surface area contributed by atoms with Gasteiger partial charge in [0, 0.05) is 19.6 Å². The summed E-state index contributed by atoms with van der Waals surface area (Å²) in [6, 6.07) is 15.5. The number of benzene rings is 2. The maximum Gasteiger partial charge on any atom is 0.223 e. The molecule has 3 N–H and O–H groups in total. The van der Waals surface area contributed by atoms with Crippen LogP contribution in [0.25, 0.3) is 0 Å². The average molecular weight is 296 g/mol. The number of carbonyl (C=O) groups is 1. The zero-order chi connectivity index (χ0) is 15.4. The maximum atomic E-state index is 12.0. The van der Waals surface area contributed by atoms with E-state index < -0.39 is 6.10 Å². The summed E-state index contributed by atoms with van der Waals surface area (Å²) in [6.07, 6.45) is -0.679. The largest absolute Gasteiger partial charge is 0.388 e. The Balaban J connectivity index is 1.52. The van der Waals surface area contributed by atoms with Crippen LogP contribution in [0.3, 0.4) is 0 Å². The molecule has 4 heteroatoms. The second-order valence-electron chi connectivity index (χ2n) is 5.61. The number of hydrogen-bond acceptors (Lipinski definition) is 3. The van der Waals surface area contributed by atoms with E-state index in [2.05, 4.69) is 22.8 Å². The zero-order valence-electron chi connectivity index (χ0n) is 12.4. The van der Waals surface area contributed by atoms with Crippen molar-refractivity contribution in [2.75, 3.05) is 0 Å². The van der Waals surface area contributed by atoms with E-state index >= 15 is 0 Å². The van der Waals surface area contributed by atoms with Crippen LogP contribution in [0.2, 0.25) is 0 Å². The monoisotopic (exact) mass is 296 g/mol. The quantitative estimate of drug-likeness (QED) is 0.791. The molecular weight excluding hydrogens is 276 g/mol. The minimum atomic E-state index is -0.759. The Labute approximate surface area is 130 Å². The van der Waals surface area contributed by atoms with Crippen LogP contribution < -0.4 is 10.6 Å². The van der Waals surface area contributed by atoms with Crippen molar-refractivity contribution in [1.82, 2.24) is 10.6 Å². The van der Waals surface area contributed by atoms with Crippen molar-refractivity contribution in [2.24, 2.45) is 0 Å². The summed E-state index contributed by atoms with van der Waals surface area (Å²) >= 11 is 0.